The Morgan fingerprint density at radius 2 is 1.83 bits per heavy atom. The van der Waals surface area contributed by atoms with Crippen LogP contribution in [0.5, 0.6) is 0 Å². The molecule has 1 saturated carbocycles. The van der Waals surface area contributed by atoms with E-state index in [1.165, 1.54) is 38.5 Å². The molecule has 0 saturated heterocycles. The highest BCUT2D eigenvalue weighted by atomic mass is 16.1. The minimum atomic E-state index is 0.271. The summed E-state index contributed by atoms with van der Waals surface area (Å²) in [5.74, 6) is 0.271. The van der Waals surface area contributed by atoms with Gasteiger partial charge >= 0.3 is 0 Å². The van der Waals surface area contributed by atoms with Gasteiger partial charge in [0.1, 0.15) is 0 Å². The van der Waals surface area contributed by atoms with Crippen LogP contribution in [0.15, 0.2) is 0 Å². The molecule has 1 N–H and O–H groups in total. The van der Waals surface area contributed by atoms with Crippen molar-refractivity contribution in [2.24, 2.45) is 5.41 Å². The molecule has 2 heteroatoms. The minimum absolute atomic E-state index is 0.271. The number of rotatable bonds is 8. The fourth-order valence-corrected chi connectivity index (χ4v) is 2.93. The molecule has 0 bridgehead atoms. The van der Waals surface area contributed by atoms with E-state index in [1.54, 1.807) is 0 Å². The van der Waals surface area contributed by atoms with Crippen molar-refractivity contribution in [2.45, 2.75) is 91.0 Å². The second-order valence-corrected chi connectivity index (χ2v) is 6.69. The summed E-state index contributed by atoms with van der Waals surface area (Å²) >= 11 is 0. The number of nitrogens with one attached hydrogen (secondary N) is 1. The fourth-order valence-electron chi connectivity index (χ4n) is 2.93. The second kappa shape index (κ2) is 7.81. The van der Waals surface area contributed by atoms with E-state index < -0.39 is 0 Å². The second-order valence-electron chi connectivity index (χ2n) is 6.69. The number of amides is 1. The SMILES string of the molecule is CCCCCCCCC(=O)NC1CCC(C)(C)C1. The van der Waals surface area contributed by atoms with Crippen LogP contribution in [0.25, 0.3) is 0 Å². The zero-order valence-electron chi connectivity index (χ0n) is 12.6. The van der Waals surface area contributed by atoms with E-state index >= 15 is 0 Å². The topological polar surface area (TPSA) is 29.1 Å². The minimum Gasteiger partial charge on any atom is -0.353 e. The van der Waals surface area contributed by atoms with E-state index in [4.69, 9.17) is 0 Å². The predicted octanol–water partition coefficient (Wildman–Crippen LogP) is 4.43. The van der Waals surface area contributed by atoms with Crippen molar-refractivity contribution in [1.29, 1.82) is 0 Å². The maximum Gasteiger partial charge on any atom is 0.220 e. The molecule has 1 unspecified atom stereocenters. The Morgan fingerprint density at radius 3 is 2.44 bits per heavy atom. The third-order valence-electron chi connectivity index (χ3n) is 4.09. The lowest BCUT2D eigenvalue weighted by atomic mass is 9.92. The maximum absolute atomic E-state index is 11.8. The van der Waals surface area contributed by atoms with Gasteiger partial charge in [0.25, 0.3) is 0 Å². The van der Waals surface area contributed by atoms with Crippen LogP contribution >= 0.6 is 0 Å². The normalized spacial score (nSPS) is 22.1. The molecule has 0 radical (unpaired) electrons. The van der Waals surface area contributed by atoms with Gasteiger partial charge in [-0.15, -0.1) is 0 Å². The standard InChI is InChI=1S/C16H31NO/c1-4-5-6-7-8-9-10-15(18)17-14-11-12-16(2,3)13-14/h14H,4-13H2,1-3H3,(H,17,18). The van der Waals surface area contributed by atoms with Crippen LogP contribution < -0.4 is 5.32 Å². The monoisotopic (exact) mass is 253 g/mol. The van der Waals surface area contributed by atoms with Crippen molar-refractivity contribution in [1.82, 2.24) is 5.32 Å². The lowest BCUT2D eigenvalue weighted by Gasteiger charge is -2.17. The Bertz CT molecular complexity index is 247. The summed E-state index contributed by atoms with van der Waals surface area (Å²) in [7, 11) is 0. The number of carbonyl (C=O) groups excluding carboxylic acids is 1. The molecular weight excluding hydrogens is 222 g/mol. The zero-order valence-corrected chi connectivity index (χ0v) is 12.6. The van der Waals surface area contributed by atoms with Gasteiger partial charge in [0.2, 0.25) is 5.91 Å². The molecule has 0 aromatic carbocycles. The Balaban J connectivity index is 2.01. The van der Waals surface area contributed by atoms with Gasteiger partial charge < -0.3 is 5.32 Å². The van der Waals surface area contributed by atoms with Gasteiger partial charge in [0.15, 0.2) is 0 Å². The molecule has 0 heterocycles. The largest absolute Gasteiger partial charge is 0.353 e. The van der Waals surface area contributed by atoms with Crippen LogP contribution in [0.2, 0.25) is 0 Å². The molecule has 0 spiro atoms. The molecule has 106 valence electrons. The van der Waals surface area contributed by atoms with Crippen LogP contribution in [0.4, 0.5) is 0 Å². The Hall–Kier alpha value is -0.530. The lowest BCUT2D eigenvalue weighted by molar-refractivity contribution is -0.121. The molecule has 0 aromatic rings. The van der Waals surface area contributed by atoms with E-state index in [0.717, 1.165) is 25.7 Å². The molecule has 1 fully saturated rings. The molecule has 18 heavy (non-hydrogen) atoms. The van der Waals surface area contributed by atoms with Crippen molar-refractivity contribution >= 4 is 5.91 Å². The number of hydrogen-bond donors (Lipinski definition) is 1. The molecule has 1 atom stereocenters. The number of unbranched alkanes of at least 4 members (excludes halogenated alkanes) is 5. The molecule has 1 amide bonds. The van der Waals surface area contributed by atoms with Gasteiger partial charge in [0, 0.05) is 12.5 Å². The van der Waals surface area contributed by atoms with Crippen molar-refractivity contribution in [2.75, 3.05) is 0 Å². The summed E-state index contributed by atoms with van der Waals surface area (Å²) in [5, 5.41) is 3.20. The first-order chi connectivity index (χ1) is 8.53. The molecule has 2 nitrogen and oxygen atoms in total. The molecule has 1 rings (SSSR count). The van der Waals surface area contributed by atoms with Crippen molar-refractivity contribution < 1.29 is 4.79 Å². The van der Waals surface area contributed by atoms with Crippen LogP contribution in [0.3, 0.4) is 0 Å². The van der Waals surface area contributed by atoms with Crippen molar-refractivity contribution in [3.05, 3.63) is 0 Å². The van der Waals surface area contributed by atoms with Crippen LogP contribution in [0.1, 0.15) is 85.0 Å². The molecular formula is C16H31NO. The Kier molecular flexibility index (Phi) is 6.73. The Morgan fingerprint density at radius 1 is 1.17 bits per heavy atom. The van der Waals surface area contributed by atoms with Gasteiger partial charge in [-0.3, -0.25) is 4.79 Å². The molecule has 0 aromatic heterocycles. The first-order valence-electron chi connectivity index (χ1n) is 7.83. The quantitative estimate of drug-likeness (QED) is 0.637. The fraction of sp³-hybridized carbons (Fsp3) is 0.938. The van der Waals surface area contributed by atoms with Crippen LogP contribution in [-0.4, -0.2) is 11.9 Å². The summed E-state index contributed by atoms with van der Waals surface area (Å²) in [6.45, 7) is 6.83. The van der Waals surface area contributed by atoms with Gasteiger partial charge in [-0.25, -0.2) is 0 Å². The van der Waals surface area contributed by atoms with Crippen LogP contribution in [0, 0.1) is 5.41 Å². The predicted molar refractivity (Wildman–Crippen MR) is 77.6 cm³/mol. The highest BCUT2D eigenvalue weighted by Gasteiger charge is 2.31. The highest BCUT2D eigenvalue weighted by Crippen LogP contribution is 2.36. The molecule has 1 aliphatic carbocycles. The third-order valence-corrected chi connectivity index (χ3v) is 4.09. The number of hydrogen-bond acceptors (Lipinski definition) is 1. The third kappa shape index (κ3) is 6.42. The summed E-state index contributed by atoms with van der Waals surface area (Å²) in [4.78, 5) is 11.8. The van der Waals surface area contributed by atoms with E-state index in [2.05, 4.69) is 26.1 Å². The van der Waals surface area contributed by atoms with E-state index in [9.17, 15) is 4.79 Å². The molecule has 1 aliphatic rings. The summed E-state index contributed by atoms with van der Waals surface area (Å²) in [5.41, 5.74) is 0.429. The number of carbonyl (C=O) groups is 1. The first-order valence-corrected chi connectivity index (χ1v) is 7.83. The lowest BCUT2D eigenvalue weighted by Crippen LogP contribution is -2.33. The average Bonchev–Trinajstić information content (AvgIpc) is 2.63. The smallest absolute Gasteiger partial charge is 0.220 e. The van der Waals surface area contributed by atoms with E-state index in [0.29, 0.717) is 11.5 Å². The van der Waals surface area contributed by atoms with Gasteiger partial charge in [0.05, 0.1) is 0 Å². The first kappa shape index (κ1) is 15.5. The maximum atomic E-state index is 11.8. The van der Waals surface area contributed by atoms with Crippen LogP contribution in [-0.2, 0) is 4.79 Å². The summed E-state index contributed by atoms with van der Waals surface area (Å²) < 4.78 is 0. The Labute approximate surface area is 113 Å². The highest BCUT2D eigenvalue weighted by molar-refractivity contribution is 5.76. The zero-order chi connectivity index (χ0) is 13.4. The van der Waals surface area contributed by atoms with E-state index in [1.807, 2.05) is 0 Å². The van der Waals surface area contributed by atoms with Gasteiger partial charge in [-0.05, 0) is 31.1 Å². The average molecular weight is 253 g/mol. The van der Waals surface area contributed by atoms with Gasteiger partial charge in [-0.2, -0.15) is 0 Å². The van der Waals surface area contributed by atoms with E-state index in [-0.39, 0.29) is 5.91 Å². The van der Waals surface area contributed by atoms with Crippen molar-refractivity contribution in [3.8, 4) is 0 Å². The molecule has 0 aliphatic heterocycles. The van der Waals surface area contributed by atoms with Crippen molar-refractivity contribution in [3.63, 3.8) is 0 Å². The summed E-state index contributed by atoms with van der Waals surface area (Å²) in [6.07, 6.45) is 11.8. The van der Waals surface area contributed by atoms with Gasteiger partial charge in [-0.1, -0.05) is 52.9 Å². The summed E-state index contributed by atoms with van der Waals surface area (Å²) in [6, 6.07) is 0.438.